The standard InChI is InChI=1S/C24H23BrN2O2S/c1-14-7-9-17-20(11-14)30-24-21(17)23(28)26-22(27-24)18-12-16(25)8-10-19(18)29-13-15-5-3-2-4-6-15/h2-6,8,10,12,14,22,27H,7,9,11,13H2,1H3,(H,26,28)/t14-,22+/m1/s1. The molecule has 1 aliphatic heterocycles. The number of carbonyl (C=O) groups is 1. The zero-order chi connectivity index (χ0) is 20.7. The second kappa shape index (κ2) is 8.08. The van der Waals surface area contributed by atoms with Crippen LogP contribution in [-0.2, 0) is 19.4 Å². The fourth-order valence-electron chi connectivity index (χ4n) is 4.23. The van der Waals surface area contributed by atoms with Crippen molar-refractivity contribution in [3.05, 3.63) is 80.1 Å². The van der Waals surface area contributed by atoms with E-state index in [-0.39, 0.29) is 12.1 Å². The van der Waals surface area contributed by atoms with Crippen molar-refractivity contribution in [2.24, 2.45) is 5.92 Å². The number of hydrogen-bond acceptors (Lipinski definition) is 4. The Morgan fingerprint density at radius 3 is 2.83 bits per heavy atom. The van der Waals surface area contributed by atoms with E-state index in [4.69, 9.17) is 4.74 Å². The lowest BCUT2D eigenvalue weighted by Crippen LogP contribution is -2.38. The number of amides is 1. The number of anilines is 1. The predicted octanol–water partition coefficient (Wildman–Crippen LogP) is 6.07. The summed E-state index contributed by atoms with van der Waals surface area (Å²) in [4.78, 5) is 14.4. The highest BCUT2D eigenvalue weighted by molar-refractivity contribution is 9.10. The SMILES string of the molecule is C[C@@H]1CCc2c(sc3c2C(=O)N[C@H](c2cc(Br)ccc2OCc2ccccc2)N3)C1. The van der Waals surface area contributed by atoms with Crippen LogP contribution in [0.4, 0.5) is 5.00 Å². The Balaban J connectivity index is 1.44. The molecule has 3 aromatic rings. The molecule has 5 rings (SSSR count). The average molecular weight is 483 g/mol. The van der Waals surface area contributed by atoms with Crippen LogP contribution in [0.2, 0.25) is 0 Å². The monoisotopic (exact) mass is 482 g/mol. The van der Waals surface area contributed by atoms with Crippen molar-refractivity contribution in [2.75, 3.05) is 5.32 Å². The van der Waals surface area contributed by atoms with Gasteiger partial charge in [0.25, 0.3) is 5.91 Å². The van der Waals surface area contributed by atoms with Crippen molar-refractivity contribution in [3.8, 4) is 5.75 Å². The predicted molar refractivity (Wildman–Crippen MR) is 124 cm³/mol. The number of fused-ring (bicyclic) bond motifs is 3. The van der Waals surface area contributed by atoms with Gasteiger partial charge in [0, 0.05) is 14.9 Å². The summed E-state index contributed by atoms with van der Waals surface area (Å²) < 4.78 is 7.09. The molecule has 0 fully saturated rings. The van der Waals surface area contributed by atoms with Gasteiger partial charge in [0.15, 0.2) is 0 Å². The topological polar surface area (TPSA) is 50.4 Å². The fraction of sp³-hybridized carbons (Fsp3) is 0.292. The summed E-state index contributed by atoms with van der Waals surface area (Å²) in [6.45, 7) is 2.77. The molecule has 0 spiro atoms. The second-order valence-electron chi connectivity index (χ2n) is 8.06. The molecule has 2 aromatic carbocycles. The van der Waals surface area contributed by atoms with Crippen LogP contribution in [0.5, 0.6) is 5.75 Å². The van der Waals surface area contributed by atoms with Gasteiger partial charge in [-0.15, -0.1) is 11.3 Å². The number of halogens is 1. The highest BCUT2D eigenvalue weighted by atomic mass is 79.9. The van der Waals surface area contributed by atoms with Gasteiger partial charge in [0.2, 0.25) is 0 Å². The van der Waals surface area contributed by atoms with Crippen LogP contribution in [0, 0.1) is 5.92 Å². The lowest BCUT2D eigenvalue weighted by atomic mass is 9.88. The molecule has 0 radical (unpaired) electrons. The van der Waals surface area contributed by atoms with Crippen molar-refractivity contribution in [1.29, 1.82) is 0 Å². The Bertz CT molecular complexity index is 1100. The van der Waals surface area contributed by atoms with Crippen LogP contribution in [0.15, 0.2) is 53.0 Å². The third-order valence-corrected chi connectivity index (χ3v) is 7.49. The average Bonchev–Trinajstić information content (AvgIpc) is 3.11. The van der Waals surface area contributed by atoms with Gasteiger partial charge >= 0.3 is 0 Å². The largest absolute Gasteiger partial charge is 0.488 e. The molecule has 6 heteroatoms. The Labute approximate surface area is 188 Å². The van der Waals surface area contributed by atoms with Crippen molar-refractivity contribution in [1.82, 2.24) is 5.32 Å². The molecular weight excluding hydrogens is 460 g/mol. The van der Waals surface area contributed by atoms with Crippen molar-refractivity contribution < 1.29 is 9.53 Å². The van der Waals surface area contributed by atoms with Crippen LogP contribution in [0.1, 0.15) is 51.4 Å². The third kappa shape index (κ3) is 3.74. The van der Waals surface area contributed by atoms with E-state index in [9.17, 15) is 4.79 Å². The van der Waals surface area contributed by atoms with E-state index in [1.54, 1.807) is 11.3 Å². The first-order valence-corrected chi connectivity index (χ1v) is 11.9. The molecule has 0 unspecified atom stereocenters. The molecule has 4 nitrogen and oxygen atoms in total. The molecule has 1 amide bonds. The Morgan fingerprint density at radius 2 is 2.00 bits per heavy atom. The van der Waals surface area contributed by atoms with Gasteiger partial charge in [-0.2, -0.15) is 0 Å². The van der Waals surface area contributed by atoms with Crippen molar-refractivity contribution in [3.63, 3.8) is 0 Å². The molecule has 2 N–H and O–H groups in total. The maximum absolute atomic E-state index is 13.1. The Morgan fingerprint density at radius 1 is 1.17 bits per heavy atom. The zero-order valence-corrected chi connectivity index (χ0v) is 19.1. The minimum absolute atomic E-state index is 0.00906. The number of ether oxygens (including phenoxy) is 1. The molecular formula is C24H23BrN2O2S. The van der Waals surface area contributed by atoms with Crippen molar-refractivity contribution >= 4 is 38.2 Å². The zero-order valence-electron chi connectivity index (χ0n) is 16.7. The molecule has 154 valence electrons. The van der Waals surface area contributed by atoms with Gasteiger partial charge in [-0.3, -0.25) is 4.79 Å². The molecule has 0 saturated heterocycles. The number of rotatable bonds is 4. The number of nitrogens with one attached hydrogen (secondary N) is 2. The van der Waals surface area contributed by atoms with E-state index >= 15 is 0 Å². The Hall–Kier alpha value is -2.31. The van der Waals surface area contributed by atoms with Gasteiger partial charge in [0.05, 0.1) is 5.56 Å². The first-order chi connectivity index (χ1) is 14.6. The first-order valence-electron chi connectivity index (χ1n) is 10.3. The normalized spacial score (nSPS) is 20.0. The lowest BCUT2D eigenvalue weighted by Gasteiger charge is -2.28. The van der Waals surface area contributed by atoms with Gasteiger partial charge in [-0.25, -0.2) is 0 Å². The van der Waals surface area contributed by atoms with Crippen LogP contribution < -0.4 is 15.4 Å². The highest BCUT2D eigenvalue weighted by Gasteiger charge is 2.34. The number of hydrogen-bond donors (Lipinski definition) is 2. The van der Waals surface area contributed by atoms with Crippen LogP contribution in [0.3, 0.4) is 0 Å². The molecule has 0 bridgehead atoms. The van der Waals surface area contributed by atoms with E-state index < -0.39 is 0 Å². The summed E-state index contributed by atoms with van der Waals surface area (Å²) >= 11 is 5.30. The van der Waals surface area contributed by atoms with E-state index in [1.807, 2.05) is 48.5 Å². The van der Waals surface area contributed by atoms with Gasteiger partial charge in [0.1, 0.15) is 23.5 Å². The maximum atomic E-state index is 13.1. The smallest absolute Gasteiger partial charge is 0.256 e. The Kier molecular flexibility index (Phi) is 5.29. The van der Waals surface area contributed by atoms with E-state index in [0.29, 0.717) is 12.5 Å². The molecule has 0 saturated carbocycles. The van der Waals surface area contributed by atoms with Gasteiger partial charge in [-0.05, 0) is 54.5 Å². The molecule has 30 heavy (non-hydrogen) atoms. The molecule has 2 heterocycles. The van der Waals surface area contributed by atoms with Gasteiger partial charge in [-0.1, -0.05) is 53.2 Å². The van der Waals surface area contributed by atoms with Crippen LogP contribution in [0.25, 0.3) is 0 Å². The second-order valence-corrected chi connectivity index (χ2v) is 10.1. The third-order valence-electron chi connectivity index (χ3n) is 5.81. The summed E-state index contributed by atoms with van der Waals surface area (Å²) in [5, 5.41) is 7.71. The van der Waals surface area contributed by atoms with E-state index in [0.717, 1.165) is 51.2 Å². The quantitative estimate of drug-likeness (QED) is 0.474. The molecule has 2 atom stereocenters. The summed E-state index contributed by atoms with van der Waals surface area (Å²) in [6.07, 6.45) is 2.88. The first kappa shape index (κ1) is 19.6. The minimum Gasteiger partial charge on any atom is -0.488 e. The summed E-state index contributed by atoms with van der Waals surface area (Å²) in [7, 11) is 0. The number of carbonyl (C=O) groups excluding carboxylic acids is 1. The molecule has 1 aliphatic carbocycles. The maximum Gasteiger partial charge on any atom is 0.256 e. The lowest BCUT2D eigenvalue weighted by molar-refractivity contribution is 0.0934. The summed E-state index contributed by atoms with van der Waals surface area (Å²) in [5.74, 6) is 1.45. The van der Waals surface area contributed by atoms with Crippen molar-refractivity contribution in [2.45, 2.75) is 39.0 Å². The number of thiophene rings is 1. The van der Waals surface area contributed by atoms with Crippen LogP contribution in [-0.4, -0.2) is 5.91 Å². The minimum atomic E-state index is -0.328. The number of benzene rings is 2. The molecule has 1 aromatic heterocycles. The fourth-order valence-corrected chi connectivity index (χ4v) is 6.05. The van der Waals surface area contributed by atoms with E-state index in [1.165, 1.54) is 10.4 Å². The van der Waals surface area contributed by atoms with Crippen LogP contribution >= 0.6 is 27.3 Å². The molecule has 2 aliphatic rings. The highest BCUT2D eigenvalue weighted by Crippen LogP contribution is 2.43. The van der Waals surface area contributed by atoms with Gasteiger partial charge < -0.3 is 15.4 Å². The summed E-state index contributed by atoms with van der Waals surface area (Å²) in [6, 6.07) is 16.0. The summed E-state index contributed by atoms with van der Waals surface area (Å²) in [5.41, 5.74) is 4.11. The van der Waals surface area contributed by atoms with E-state index in [2.05, 4.69) is 33.5 Å².